The zero-order chi connectivity index (χ0) is 19.8. The summed E-state index contributed by atoms with van der Waals surface area (Å²) in [6, 6.07) is 25.5. The van der Waals surface area contributed by atoms with Crippen LogP contribution in [-0.4, -0.2) is 26.1 Å². The monoisotopic (exact) mass is 375 g/mol. The van der Waals surface area contributed by atoms with Gasteiger partial charge in [-0.05, 0) is 43.3 Å². The Bertz CT molecular complexity index is 912. The number of hydrogen-bond acceptors (Lipinski definition) is 4. The number of nitrogens with one attached hydrogen (secondary N) is 2. The summed E-state index contributed by atoms with van der Waals surface area (Å²) < 4.78 is 5.56. The summed E-state index contributed by atoms with van der Waals surface area (Å²) in [6.07, 6.45) is 0. The minimum Gasteiger partial charge on any atom is -0.492 e. The molecule has 0 saturated heterocycles. The Morgan fingerprint density at radius 3 is 2.29 bits per heavy atom. The lowest BCUT2D eigenvalue weighted by atomic mass is 10.2. The molecule has 0 radical (unpaired) electrons. The van der Waals surface area contributed by atoms with Crippen LogP contribution < -0.4 is 20.3 Å². The van der Waals surface area contributed by atoms with Crippen LogP contribution in [0.25, 0.3) is 0 Å². The molecule has 0 aromatic heterocycles. The van der Waals surface area contributed by atoms with Gasteiger partial charge in [0.05, 0.1) is 30.2 Å². The number of anilines is 4. The molecule has 2 N–H and O–H groups in total. The molecular weight excluding hydrogens is 350 g/mol. The molecule has 0 bridgehead atoms. The van der Waals surface area contributed by atoms with Crippen LogP contribution >= 0.6 is 0 Å². The molecule has 144 valence electrons. The van der Waals surface area contributed by atoms with Crippen molar-refractivity contribution in [3.05, 3.63) is 78.9 Å². The second kappa shape index (κ2) is 9.46. The van der Waals surface area contributed by atoms with Crippen molar-refractivity contribution in [2.75, 3.05) is 35.7 Å². The molecule has 3 aromatic carbocycles. The van der Waals surface area contributed by atoms with Gasteiger partial charge in [-0.25, -0.2) is 0 Å². The molecule has 0 aliphatic carbocycles. The average molecular weight is 375 g/mol. The third kappa shape index (κ3) is 4.82. The largest absolute Gasteiger partial charge is 0.492 e. The van der Waals surface area contributed by atoms with Crippen molar-refractivity contribution < 1.29 is 9.53 Å². The molecule has 1 amide bonds. The van der Waals surface area contributed by atoms with E-state index in [1.54, 1.807) is 0 Å². The lowest BCUT2D eigenvalue weighted by Gasteiger charge is -2.23. The smallest absolute Gasteiger partial charge is 0.243 e. The van der Waals surface area contributed by atoms with E-state index in [4.69, 9.17) is 4.74 Å². The van der Waals surface area contributed by atoms with Crippen LogP contribution in [0.3, 0.4) is 0 Å². The van der Waals surface area contributed by atoms with E-state index in [9.17, 15) is 4.79 Å². The van der Waals surface area contributed by atoms with Gasteiger partial charge in [0.1, 0.15) is 5.75 Å². The standard InChI is InChI=1S/C23H25N3O2/c1-3-28-22-16-10-8-14-20(22)25-23(27)17-24-19-13-7-9-15-21(19)26(2)18-11-5-4-6-12-18/h4-16,24H,3,17H2,1-2H3,(H,25,27). The number of benzene rings is 3. The fourth-order valence-corrected chi connectivity index (χ4v) is 2.93. The molecular formula is C23H25N3O2. The minimum absolute atomic E-state index is 0.135. The fraction of sp³-hybridized carbons (Fsp3) is 0.174. The van der Waals surface area contributed by atoms with Gasteiger partial charge >= 0.3 is 0 Å². The molecule has 0 fully saturated rings. The zero-order valence-electron chi connectivity index (χ0n) is 16.2. The van der Waals surface area contributed by atoms with Crippen molar-refractivity contribution in [2.45, 2.75) is 6.92 Å². The molecule has 5 nitrogen and oxygen atoms in total. The first-order chi connectivity index (χ1) is 13.7. The Labute approximate surface area is 166 Å². The summed E-state index contributed by atoms with van der Waals surface area (Å²) in [7, 11) is 2.01. The highest BCUT2D eigenvalue weighted by atomic mass is 16.5. The Kier molecular flexibility index (Phi) is 6.52. The first kappa shape index (κ1) is 19.3. The van der Waals surface area contributed by atoms with Crippen LogP contribution in [0.15, 0.2) is 78.9 Å². The van der Waals surface area contributed by atoms with Crippen LogP contribution in [-0.2, 0) is 4.79 Å². The molecule has 0 spiro atoms. The maximum atomic E-state index is 12.5. The predicted molar refractivity (Wildman–Crippen MR) is 116 cm³/mol. The summed E-state index contributed by atoms with van der Waals surface area (Å²) in [5.41, 5.74) is 3.64. The van der Waals surface area contributed by atoms with Gasteiger partial charge in [0.2, 0.25) is 5.91 Å². The fourth-order valence-electron chi connectivity index (χ4n) is 2.93. The van der Waals surface area contributed by atoms with E-state index < -0.39 is 0 Å². The molecule has 3 rings (SSSR count). The number of carbonyl (C=O) groups excluding carboxylic acids is 1. The SMILES string of the molecule is CCOc1ccccc1NC(=O)CNc1ccccc1N(C)c1ccccc1. The van der Waals surface area contributed by atoms with Gasteiger partial charge in [-0.15, -0.1) is 0 Å². The van der Waals surface area contributed by atoms with E-state index in [2.05, 4.69) is 15.5 Å². The van der Waals surface area contributed by atoms with Gasteiger partial charge < -0.3 is 20.3 Å². The molecule has 0 aliphatic heterocycles. The van der Waals surface area contributed by atoms with Crippen molar-refractivity contribution in [3.63, 3.8) is 0 Å². The van der Waals surface area contributed by atoms with Crippen molar-refractivity contribution in [2.24, 2.45) is 0 Å². The Balaban J connectivity index is 1.68. The van der Waals surface area contributed by atoms with Gasteiger partial charge in [0, 0.05) is 12.7 Å². The molecule has 3 aromatic rings. The number of hydrogen-bond donors (Lipinski definition) is 2. The number of amides is 1. The van der Waals surface area contributed by atoms with Crippen molar-refractivity contribution in [1.82, 2.24) is 0 Å². The predicted octanol–water partition coefficient (Wildman–Crippen LogP) is 4.90. The Hall–Kier alpha value is -3.47. The normalized spacial score (nSPS) is 10.2. The lowest BCUT2D eigenvalue weighted by Crippen LogP contribution is -2.23. The molecule has 0 atom stereocenters. The van der Waals surface area contributed by atoms with E-state index in [0.29, 0.717) is 18.0 Å². The topological polar surface area (TPSA) is 53.6 Å². The third-order valence-electron chi connectivity index (χ3n) is 4.31. The Morgan fingerprint density at radius 2 is 1.54 bits per heavy atom. The Morgan fingerprint density at radius 1 is 0.893 bits per heavy atom. The van der Waals surface area contributed by atoms with Crippen LogP contribution in [0.5, 0.6) is 5.75 Å². The highest BCUT2D eigenvalue weighted by molar-refractivity contribution is 5.95. The molecule has 5 heteroatoms. The van der Waals surface area contributed by atoms with E-state index in [1.165, 1.54) is 0 Å². The number of carbonyl (C=O) groups is 1. The summed E-state index contributed by atoms with van der Waals surface area (Å²) >= 11 is 0. The zero-order valence-corrected chi connectivity index (χ0v) is 16.2. The van der Waals surface area contributed by atoms with E-state index >= 15 is 0 Å². The quantitative estimate of drug-likeness (QED) is 0.588. The maximum Gasteiger partial charge on any atom is 0.243 e. The number of rotatable bonds is 8. The molecule has 0 aliphatic rings. The van der Waals surface area contributed by atoms with Gasteiger partial charge in [-0.2, -0.15) is 0 Å². The summed E-state index contributed by atoms with van der Waals surface area (Å²) in [5.74, 6) is 0.534. The maximum absolute atomic E-state index is 12.5. The van der Waals surface area contributed by atoms with E-state index in [1.807, 2.05) is 92.8 Å². The van der Waals surface area contributed by atoms with Gasteiger partial charge in [-0.1, -0.05) is 42.5 Å². The molecule has 28 heavy (non-hydrogen) atoms. The van der Waals surface area contributed by atoms with Crippen LogP contribution in [0, 0.1) is 0 Å². The second-order valence-corrected chi connectivity index (χ2v) is 6.24. The van der Waals surface area contributed by atoms with E-state index in [-0.39, 0.29) is 12.5 Å². The van der Waals surface area contributed by atoms with Gasteiger partial charge in [0.15, 0.2) is 0 Å². The van der Waals surface area contributed by atoms with Gasteiger partial charge in [0.25, 0.3) is 0 Å². The van der Waals surface area contributed by atoms with E-state index in [0.717, 1.165) is 17.1 Å². The summed E-state index contributed by atoms with van der Waals surface area (Å²) in [4.78, 5) is 14.5. The van der Waals surface area contributed by atoms with Crippen LogP contribution in [0.1, 0.15) is 6.92 Å². The van der Waals surface area contributed by atoms with Crippen molar-refractivity contribution in [1.29, 1.82) is 0 Å². The third-order valence-corrected chi connectivity index (χ3v) is 4.31. The van der Waals surface area contributed by atoms with Crippen LogP contribution in [0.2, 0.25) is 0 Å². The lowest BCUT2D eigenvalue weighted by molar-refractivity contribution is -0.114. The molecule has 0 heterocycles. The first-order valence-electron chi connectivity index (χ1n) is 9.32. The van der Waals surface area contributed by atoms with Crippen LogP contribution in [0.4, 0.5) is 22.7 Å². The van der Waals surface area contributed by atoms with Gasteiger partial charge in [-0.3, -0.25) is 4.79 Å². The molecule has 0 saturated carbocycles. The minimum atomic E-state index is -0.135. The van der Waals surface area contributed by atoms with Crippen molar-refractivity contribution in [3.8, 4) is 5.75 Å². The first-order valence-corrected chi connectivity index (χ1v) is 9.32. The number of para-hydroxylation sites is 5. The number of nitrogens with zero attached hydrogens (tertiary/aromatic N) is 1. The average Bonchev–Trinajstić information content (AvgIpc) is 2.74. The highest BCUT2D eigenvalue weighted by Crippen LogP contribution is 2.30. The van der Waals surface area contributed by atoms with Crippen molar-refractivity contribution >= 4 is 28.7 Å². The second-order valence-electron chi connectivity index (χ2n) is 6.24. The highest BCUT2D eigenvalue weighted by Gasteiger charge is 2.11. The summed E-state index contributed by atoms with van der Waals surface area (Å²) in [5, 5.41) is 6.15. The summed E-state index contributed by atoms with van der Waals surface area (Å²) in [6.45, 7) is 2.62. The molecule has 0 unspecified atom stereocenters. The number of ether oxygens (including phenoxy) is 1.